The average Bonchev–Trinajstić information content (AvgIpc) is 2.46. The lowest BCUT2D eigenvalue weighted by Gasteiger charge is -2.13. The Kier molecular flexibility index (Phi) is 2.03. The van der Waals surface area contributed by atoms with Crippen molar-refractivity contribution in [2.24, 2.45) is 0 Å². The SMILES string of the molecule is Cc1nc(C)c2[nH]c(C(C)(C)C)nc2n1. The molecule has 0 amide bonds. The molecular formula is C11H16N4. The van der Waals surface area contributed by atoms with Crippen molar-refractivity contribution in [3.63, 3.8) is 0 Å². The minimum atomic E-state index is 0.0149. The molecule has 0 bridgehead atoms. The monoisotopic (exact) mass is 204 g/mol. The van der Waals surface area contributed by atoms with Gasteiger partial charge in [0.1, 0.15) is 17.2 Å². The fourth-order valence-electron chi connectivity index (χ4n) is 1.53. The summed E-state index contributed by atoms with van der Waals surface area (Å²) in [4.78, 5) is 16.4. The molecule has 1 N–H and O–H groups in total. The largest absolute Gasteiger partial charge is 0.339 e. The molecule has 0 radical (unpaired) electrons. The number of aromatic nitrogens is 4. The van der Waals surface area contributed by atoms with Crippen LogP contribution in [-0.4, -0.2) is 19.9 Å². The normalized spacial score (nSPS) is 12.3. The molecule has 2 aromatic heterocycles. The first-order valence-electron chi connectivity index (χ1n) is 5.09. The van der Waals surface area contributed by atoms with Crippen LogP contribution in [-0.2, 0) is 5.41 Å². The van der Waals surface area contributed by atoms with Gasteiger partial charge in [-0.25, -0.2) is 15.0 Å². The number of hydrogen-bond donors (Lipinski definition) is 1. The first kappa shape index (κ1) is 10.1. The van der Waals surface area contributed by atoms with E-state index >= 15 is 0 Å². The van der Waals surface area contributed by atoms with Crippen LogP contribution in [0, 0.1) is 13.8 Å². The summed E-state index contributed by atoms with van der Waals surface area (Å²) in [7, 11) is 0. The highest BCUT2D eigenvalue weighted by atomic mass is 15.0. The fourth-order valence-corrected chi connectivity index (χ4v) is 1.53. The van der Waals surface area contributed by atoms with Crippen LogP contribution in [0.2, 0.25) is 0 Å². The molecule has 0 spiro atoms. The van der Waals surface area contributed by atoms with Crippen molar-refractivity contribution in [3.8, 4) is 0 Å². The van der Waals surface area contributed by atoms with Crippen molar-refractivity contribution in [2.45, 2.75) is 40.0 Å². The summed E-state index contributed by atoms with van der Waals surface area (Å²) < 4.78 is 0. The lowest BCUT2D eigenvalue weighted by atomic mass is 9.96. The highest BCUT2D eigenvalue weighted by Gasteiger charge is 2.19. The van der Waals surface area contributed by atoms with Crippen LogP contribution < -0.4 is 0 Å². The van der Waals surface area contributed by atoms with E-state index in [2.05, 4.69) is 40.7 Å². The summed E-state index contributed by atoms with van der Waals surface area (Å²) in [6, 6.07) is 0. The molecule has 4 heteroatoms. The molecule has 0 atom stereocenters. The molecule has 0 aromatic carbocycles. The number of H-pyrrole nitrogens is 1. The molecule has 80 valence electrons. The summed E-state index contributed by atoms with van der Waals surface area (Å²) in [5.74, 6) is 1.73. The Labute approximate surface area is 89.2 Å². The molecule has 0 aliphatic rings. The van der Waals surface area contributed by atoms with Crippen molar-refractivity contribution in [3.05, 3.63) is 17.3 Å². The first-order chi connectivity index (χ1) is 6.88. The van der Waals surface area contributed by atoms with Gasteiger partial charge < -0.3 is 4.98 Å². The number of imidazole rings is 1. The van der Waals surface area contributed by atoms with Crippen LogP contribution in [0.5, 0.6) is 0 Å². The summed E-state index contributed by atoms with van der Waals surface area (Å²) in [5, 5.41) is 0. The van der Waals surface area contributed by atoms with E-state index in [4.69, 9.17) is 0 Å². The van der Waals surface area contributed by atoms with E-state index in [-0.39, 0.29) is 5.41 Å². The van der Waals surface area contributed by atoms with Crippen LogP contribution in [0.4, 0.5) is 0 Å². The van der Waals surface area contributed by atoms with Crippen molar-refractivity contribution in [1.29, 1.82) is 0 Å². The first-order valence-corrected chi connectivity index (χ1v) is 5.09. The zero-order chi connectivity index (χ0) is 11.2. The maximum absolute atomic E-state index is 4.50. The Hall–Kier alpha value is -1.45. The number of nitrogens with zero attached hydrogens (tertiary/aromatic N) is 3. The third kappa shape index (κ3) is 1.71. The molecule has 0 fully saturated rings. The Balaban J connectivity index is 2.71. The predicted molar refractivity (Wildman–Crippen MR) is 59.9 cm³/mol. The topological polar surface area (TPSA) is 54.5 Å². The fraction of sp³-hybridized carbons (Fsp3) is 0.545. The van der Waals surface area contributed by atoms with E-state index in [9.17, 15) is 0 Å². The standard InChI is InChI=1S/C11H16N4/c1-6-8-9(13-7(2)12-6)15-10(14-8)11(3,4)5/h1-5H3,(H,12,13,14,15). The maximum atomic E-state index is 4.50. The average molecular weight is 204 g/mol. The van der Waals surface area contributed by atoms with Crippen LogP contribution in [0.1, 0.15) is 38.1 Å². The Morgan fingerprint density at radius 3 is 2.27 bits per heavy atom. The Bertz CT molecular complexity index is 505. The minimum Gasteiger partial charge on any atom is -0.339 e. The molecule has 15 heavy (non-hydrogen) atoms. The van der Waals surface area contributed by atoms with E-state index in [1.54, 1.807) is 0 Å². The van der Waals surface area contributed by atoms with Crippen molar-refractivity contribution >= 4 is 11.2 Å². The lowest BCUT2D eigenvalue weighted by Crippen LogP contribution is -2.13. The molecule has 2 heterocycles. The number of nitrogens with one attached hydrogen (secondary N) is 1. The number of hydrogen-bond acceptors (Lipinski definition) is 3. The number of rotatable bonds is 0. The minimum absolute atomic E-state index is 0.0149. The molecule has 0 aliphatic heterocycles. The van der Waals surface area contributed by atoms with Gasteiger partial charge in [0.05, 0.1) is 5.69 Å². The number of aromatic amines is 1. The number of fused-ring (bicyclic) bond motifs is 1. The van der Waals surface area contributed by atoms with Gasteiger partial charge in [-0.3, -0.25) is 0 Å². The maximum Gasteiger partial charge on any atom is 0.181 e. The van der Waals surface area contributed by atoms with Crippen LogP contribution in [0.15, 0.2) is 0 Å². The van der Waals surface area contributed by atoms with Gasteiger partial charge in [0.2, 0.25) is 0 Å². The second-order valence-electron chi connectivity index (χ2n) is 4.89. The Morgan fingerprint density at radius 1 is 1.00 bits per heavy atom. The van der Waals surface area contributed by atoms with E-state index in [1.165, 1.54) is 0 Å². The van der Waals surface area contributed by atoms with E-state index in [0.29, 0.717) is 0 Å². The predicted octanol–water partition coefficient (Wildman–Crippen LogP) is 2.27. The van der Waals surface area contributed by atoms with Gasteiger partial charge in [-0.2, -0.15) is 0 Å². The van der Waals surface area contributed by atoms with E-state index < -0.39 is 0 Å². The summed E-state index contributed by atoms with van der Waals surface area (Å²) >= 11 is 0. The molecule has 2 rings (SSSR count). The molecular weight excluding hydrogens is 188 g/mol. The van der Waals surface area contributed by atoms with Crippen molar-refractivity contribution < 1.29 is 0 Å². The highest BCUT2D eigenvalue weighted by Crippen LogP contribution is 2.22. The summed E-state index contributed by atoms with van der Waals surface area (Å²) in [6.07, 6.45) is 0. The highest BCUT2D eigenvalue weighted by molar-refractivity contribution is 5.73. The summed E-state index contributed by atoms with van der Waals surface area (Å²) in [5.41, 5.74) is 2.69. The van der Waals surface area contributed by atoms with Crippen LogP contribution >= 0.6 is 0 Å². The molecule has 2 aromatic rings. The quantitative estimate of drug-likeness (QED) is 0.716. The second kappa shape index (κ2) is 3.02. The van der Waals surface area contributed by atoms with Gasteiger partial charge in [-0.15, -0.1) is 0 Å². The van der Waals surface area contributed by atoms with Gasteiger partial charge in [0, 0.05) is 5.41 Å². The molecule has 0 saturated carbocycles. The van der Waals surface area contributed by atoms with Crippen molar-refractivity contribution in [1.82, 2.24) is 19.9 Å². The lowest BCUT2D eigenvalue weighted by molar-refractivity contribution is 0.554. The van der Waals surface area contributed by atoms with Gasteiger partial charge in [-0.05, 0) is 13.8 Å². The molecule has 0 unspecified atom stereocenters. The Morgan fingerprint density at radius 2 is 1.67 bits per heavy atom. The molecule has 0 aliphatic carbocycles. The van der Waals surface area contributed by atoms with E-state index in [0.717, 1.165) is 28.5 Å². The molecule has 4 nitrogen and oxygen atoms in total. The van der Waals surface area contributed by atoms with Gasteiger partial charge in [-0.1, -0.05) is 20.8 Å². The number of aryl methyl sites for hydroxylation is 2. The molecule has 0 saturated heterocycles. The smallest absolute Gasteiger partial charge is 0.181 e. The van der Waals surface area contributed by atoms with Gasteiger partial charge in [0.25, 0.3) is 0 Å². The third-order valence-electron chi connectivity index (χ3n) is 2.35. The van der Waals surface area contributed by atoms with Crippen molar-refractivity contribution in [2.75, 3.05) is 0 Å². The zero-order valence-electron chi connectivity index (χ0n) is 9.84. The third-order valence-corrected chi connectivity index (χ3v) is 2.35. The zero-order valence-corrected chi connectivity index (χ0v) is 9.84. The van der Waals surface area contributed by atoms with Gasteiger partial charge in [0.15, 0.2) is 5.65 Å². The van der Waals surface area contributed by atoms with Crippen LogP contribution in [0.25, 0.3) is 11.2 Å². The van der Waals surface area contributed by atoms with E-state index in [1.807, 2.05) is 13.8 Å². The summed E-state index contributed by atoms with van der Waals surface area (Å²) in [6.45, 7) is 10.2. The van der Waals surface area contributed by atoms with Gasteiger partial charge >= 0.3 is 0 Å². The van der Waals surface area contributed by atoms with Crippen LogP contribution in [0.3, 0.4) is 0 Å². The second-order valence-corrected chi connectivity index (χ2v) is 4.89.